The van der Waals surface area contributed by atoms with Gasteiger partial charge in [-0.25, -0.2) is 13.1 Å². The first-order chi connectivity index (χ1) is 8.80. The van der Waals surface area contributed by atoms with Gasteiger partial charge in [0.15, 0.2) is 0 Å². The molecule has 0 aliphatic rings. The molecule has 0 aromatic carbocycles. The van der Waals surface area contributed by atoms with Crippen LogP contribution < -0.4 is 10.5 Å². The molecule has 2 unspecified atom stereocenters. The molecule has 6 heteroatoms. The Kier molecular flexibility index (Phi) is 5.58. The average Bonchev–Trinajstić information content (AvgIpc) is 2.70. The number of nitrogens with two attached hydrogens (primary N) is 1. The first kappa shape index (κ1) is 16.2. The number of nitrogens with zero attached hydrogens (tertiary/aromatic N) is 1. The zero-order valence-electron chi connectivity index (χ0n) is 12.2. The van der Waals surface area contributed by atoms with Crippen molar-refractivity contribution in [1.82, 2.24) is 9.29 Å². The van der Waals surface area contributed by atoms with E-state index < -0.39 is 10.0 Å². The van der Waals surface area contributed by atoms with Crippen LogP contribution in [-0.4, -0.2) is 19.0 Å². The quantitative estimate of drug-likeness (QED) is 0.799. The van der Waals surface area contributed by atoms with E-state index in [4.69, 9.17) is 5.73 Å². The molecule has 5 nitrogen and oxygen atoms in total. The molecule has 0 aliphatic heterocycles. The number of hydrogen-bond acceptors (Lipinski definition) is 3. The number of nitrogens with one attached hydrogen (secondary N) is 1. The Labute approximate surface area is 116 Å². The Morgan fingerprint density at radius 1 is 1.42 bits per heavy atom. The van der Waals surface area contributed by atoms with Crippen molar-refractivity contribution in [2.24, 2.45) is 18.7 Å². The number of aryl methyl sites for hydroxylation is 1. The minimum atomic E-state index is -3.45. The average molecular weight is 287 g/mol. The van der Waals surface area contributed by atoms with E-state index >= 15 is 0 Å². The Morgan fingerprint density at radius 3 is 2.53 bits per heavy atom. The zero-order valence-corrected chi connectivity index (χ0v) is 13.0. The van der Waals surface area contributed by atoms with E-state index in [-0.39, 0.29) is 10.9 Å². The molecule has 1 rings (SSSR count). The summed E-state index contributed by atoms with van der Waals surface area (Å²) in [6.07, 6.45) is 3.49. The molecular formula is C13H25N3O2S. The van der Waals surface area contributed by atoms with Gasteiger partial charge in [-0.05, 0) is 25.3 Å². The molecule has 0 amide bonds. The Morgan fingerprint density at radius 2 is 2.05 bits per heavy atom. The molecule has 0 saturated heterocycles. The van der Waals surface area contributed by atoms with Crippen LogP contribution in [0.3, 0.4) is 0 Å². The lowest BCUT2D eigenvalue weighted by molar-refractivity contribution is 0.445. The van der Waals surface area contributed by atoms with Crippen LogP contribution in [0, 0.1) is 5.92 Å². The SMILES string of the molecule is CCC(C)CC(C)NS(=O)(=O)c1cc(CN)n(C)c1. The lowest BCUT2D eigenvalue weighted by Gasteiger charge is -2.17. The van der Waals surface area contributed by atoms with Crippen molar-refractivity contribution in [1.29, 1.82) is 0 Å². The highest BCUT2D eigenvalue weighted by Crippen LogP contribution is 2.16. The predicted molar refractivity (Wildman–Crippen MR) is 77.2 cm³/mol. The van der Waals surface area contributed by atoms with Crippen molar-refractivity contribution >= 4 is 10.0 Å². The summed E-state index contributed by atoms with van der Waals surface area (Å²) in [5.41, 5.74) is 6.36. The maximum atomic E-state index is 12.2. The summed E-state index contributed by atoms with van der Waals surface area (Å²) in [4.78, 5) is 0.284. The fourth-order valence-electron chi connectivity index (χ4n) is 2.08. The van der Waals surface area contributed by atoms with E-state index in [1.54, 1.807) is 23.9 Å². The fraction of sp³-hybridized carbons (Fsp3) is 0.692. The lowest BCUT2D eigenvalue weighted by Crippen LogP contribution is -2.33. The molecule has 0 spiro atoms. The van der Waals surface area contributed by atoms with E-state index in [9.17, 15) is 8.42 Å². The van der Waals surface area contributed by atoms with E-state index in [1.807, 2.05) is 6.92 Å². The van der Waals surface area contributed by atoms with Gasteiger partial charge in [-0.15, -0.1) is 0 Å². The van der Waals surface area contributed by atoms with Gasteiger partial charge in [-0.1, -0.05) is 20.3 Å². The second-order valence-corrected chi connectivity index (χ2v) is 6.97. The molecule has 19 heavy (non-hydrogen) atoms. The van der Waals surface area contributed by atoms with Gasteiger partial charge in [-0.3, -0.25) is 0 Å². The maximum absolute atomic E-state index is 12.2. The summed E-state index contributed by atoms with van der Waals surface area (Å²) in [6, 6.07) is 1.56. The summed E-state index contributed by atoms with van der Waals surface area (Å²) >= 11 is 0. The minimum Gasteiger partial charge on any atom is -0.352 e. The normalized spacial score (nSPS) is 15.4. The monoisotopic (exact) mass is 287 g/mol. The van der Waals surface area contributed by atoms with Crippen molar-refractivity contribution in [2.75, 3.05) is 0 Å². The predicted octanol–water partition coefficient (Wildman–Crippen LogP) is 1.59. The van der Waals surface area contributed by atoms with E-state index in [1.165, 1.54) is 0 Å². The maximum Gasteiger partial charge on any atom is 0.242 e. The van der Waals surface area contributed by atoms with Crippen LogP contribution in [0.1, 0.15) is 39.3 Å². The van der Waals surface area contributed by atoms with E-state index in [0.29, 0.717) is 12.5 Å². The van der Waals surface area contributed by atoms with Crippen LogP contribution in [0.2, 0.25) is 0 Å². The van der Waals surface area contributed by atoms with Gasteiger partial charge in [-0.2, -0.15) is 0 Å². The number of rotatable bonds is 7. The highest BCUT2D eigenvalue weighted by atomic mass is 32.2. The third kappa shape index (κ3) is 4.33. The van der Waals surface area contributed by atoms with Gasteiger partial charge in [0.05, 0.1) is 4.90 Å². The van der Waals surface area contributed by atoms with E-state index in [2.05, 4.69) is 18.6 Å². The lowest BCUT2D eigenvalue weighted by atomic mass is 10.0. The van der Waals surface area contributed by atoms with Crippen molar-refractivity contribution in [2.45, 2.75) is 51.1 Å². The molecule has 0 aliphatic carbocycles. The molecule has 1 heterocycles. The van der Waals surface area contributed by atoms with Gasteiger partial charge in [0.1, 0.15) is 0 Å². The fourth-order valence-corrected chi connectivity index (χ4v) is 3.43. The van der Waals surface area contributed by atoms with Gasteiger partial charge in [0, 0.05) is 31.5 Å². The summed E-state index contributed by atoms with van der Waals surface area (Å²) < 4.78 is 28.9. The molecule has 2 atom stereocenters. The smallest absolute Gasteiger partial charge is 0.242 e. The van der Waals surface area contributed by atoms with Gasteiger partial charge >= 0.3 is 0 Å². The highest BCUT2D eigenvalue weighted by molar-refractivity contribution is 7.89. The topological polar surface area (TPSA) is 77.1 Å². The van der Waals surface area contributed by atoms with E-state index in [0.717, 1.165) is 18.5 Å². The van der Waals surface area contributed by atoms with Crippen LogP contribution >= 0.6 is 0 Å². The van der Waals surface area contributed by atoms with Crippen molar-refractivity contribution in [3.05, 3.63) is 18.0 Å². The second-order valence-electron chi connectivity index (χ2n) is 5.25. The Hall–Kier alpha value is -0.850. The number of sulfonamides is 1. The Bertz CT molecular complexity index is 508. The summed E-state index contributed by atoms with van der Waals surface area (Å²) in [6.45, 7) is 6.46. The minimum absolute atomic E-state index is 0.0681. The van der Waals surface area contributed by atoms with Crippen LogP contribution in [0.4, 0.5) is 0 Å². The number of aromatic nitrogens is 1. The first-order valence-corrected chi connectivity index (χ1v) is 8.16. The van der Waals surface area contributed by atoms with Crippen molar-refractivity contribution in [3.8, 4) is 0 Å². The highest BCUT2D eigenvalue weighted by Gasteiger charge is 2.20. The van der Waals surface area contributed by atoms with Crippen molar-refractivity contribution in [3.63, 3.8) is 0 Å². The standard InChI is InChI=1S/C13H25N3O2S/c1-5-10(2)6-11(3)15-19(17,18)13-7-12(8-14)16(4)9-13/h7,9-11,15H,5-6,8,14H2,1-4H3. The van der Waals surface area contributed by atoms with Crippen LogP contribution in [0.5, 0.6) is 0 Å². The molecule has 1 aromatic heterocycles. The third-order valence-electron chi connectivity index (χ3n) is 3.41. The molecular weight excluding hydrogens is 262 g/mol. The Balaban J connectivity index is 2.80. The first-order valence-electron chi connectivity index (χ1n) is 6.67. The molecule has 0 fully saturated rings. The second kappa shape index (κ2) is 6.54. The van der Waals surface area contributed by atoms with Gasteiger partial charge < -0.3 is 10.3 Å². The third-order valence-corrected chi connectivity index (χ3v) is 4.97. The number of hydrogen-bond donors (Lipinski definition) is 2. The molecule has 1 aromatic rings. The van der Waals surface area contributed by atoms with Crippen molar-refractivity contribution < 1.29 is 8.42 Å². The molecule has 110 valence electrons. The summed E-state index contributed by atoms with van der Waals surface area (Å²) in [5, 5.41) is 0. The molecule has 0 radical (unpaired) electrons. The molecule has 3 N–H and O–H groups in total. The summed E-state index contributed by atoms with van der Waals surface area (Å²) in [5.74, 6) is 0.507. The van der Waals surface area contributed by atoms with Gasteiger partial charge in [0.25, 0.3) is 0 Å². The van der Waals surface area contributed by atoms with Crippen LogP contribution in [0.15, 0.2) is 17.2 Å². The molecule has 0 bridgehead atoms. The zero-order chi connectivity index (χ0) is 14.6. The van der Waals surface area contributed by atoms with Crippen LogP contribution in [-0.2, 0) is 23.6 Å². The molecule has 0 saturated carbocycles. The largest absolute Gasteiger partial charge is 0.352 e. The van der Waals surface area contributed by atoms with Gasteiger partial charge in [0.2, 0.25) is 10.0 Å². The summed E-state index contributed by atoms with van der Waals surface area (Å²) in [7, 11) is -1.66. The van der Waals surface area contributed by atoms with Crippen LogP contribution in [0.25, 0.3) is 0 Å².